The summed E-state index contributed by atoms with van der Waals surface area (Å²) in [6, 6.07) is 17.1. The smallest absolute Gasteiger partial charge is 0.191 e. The molecule has 0 spiro atoms. The first kappa shape index (κ1) is 21.1. The van der Waals surface area contributed by atoms with Crippen LogP contribution in [0.4, 0.5) is 5.69 Å². The van der Waals surface area contributed by atoms with Crippen LogP contribution in [-0.4, -0.2) is 58.3 Å². The Balaban J connectivity index is 1.55. The van der Waals surface area contributed by atoms with Gasteiger partial charge in [-0.1, -0.05) is 36.4 Å². The largest absolute Gasteiger partial charge is 0.379 e. The van der Waals surface area contributed by atoms with Crippen LogP contribution in [0.2, 0.25) is 0 Å². The zero-order valence-corrected chi connectivity index (χ0v) is 17.8. The Morgan fingerprint density at radius 2 is 1.72 bits per heavy atom. The highest BCUT2D eigenvalue weighted by Gasteiger charge is 2.12. The fraction of sp³-hybridized carbons (Fsp3) is 0.435. The van der Waals surface area contributed by atoms with E-state index in [0.717, 1.165) is 51.9 Å². The van der Waals surface area contributed by atoms with E-state index >= 15 is 0 Å². The van der Waals surface area contributed by atoms with Crippen LogP contribution in [0.25, 0.3) is 0 Å². The molecule has 0 atom stereocenters. The van der Waals surface area contributed by atoms with Crippen molar-refractivity contribution >= 4 is 11.6 Å². The summed E-state index contributed by atoms with van der Waals surface area (Å²) in [5.74, 6) is 0.807. The fourth-order valence-corrected chi connectivity index (χ4v) is 3.41. The predicted molar refractivity (Wildman–Crippen MR) is 120 cm³/mol. The van der Waals surface area contributed by atoms with E-state index in [1.165, 1.54) is 22.4 Å². The molecule has 2 aromatic rings. The fourth-order valence-electron chi connectivity index (χ4n) is 3.41. The van der Waals surface area contributed by atoms with Crippen molar-refractivity contribution < 1.29 is 4.74 Å². The number of ether oxygens (including phenoxy) is 1. The first-order chi connectivity index (χ1) is 14.2. The van der Waals surface area contributed by atoms with E-state index in [4.69, 9.17) is 4.74 Å². The molecule has 0 radical (unpaired) electrons. The third kappa shape index (κ3) is 6.48. The van der Waals surface area contributed by atoms with Gasteiger partial charge in [0.1, 0.15) is 0 Å². The molecule has 1 aliphatic heterocycles. The second kappa shape index (κ2) is 10.8. The van der Waals surface area contributed by atoms with Gasteiger partial charge in [0.05, 0.1) is 13.2 Å². The molecule has 1 saturated heterocycles. The molecule has 3 rings (SSSR count). The maximum Gasteiger partial charge on any atom is 0.191 e. The van der Waals surface area contributed by atoms with Crippen LogP contribution < -0.4 is 15.5 Å². The van der Waals surface area contributed by atoms with Crippen LogP contribution >= 0.6 is 0 Å². The lowest BCUT2D eigenvalue weighted by Crippen LogP contribution is -2.37. The zero-order valence-electron chi connectivity index (χ0n) is 17.8. The maximum absolute atomic E-state index is 5.46. The zero-order chi connectivity index (χ0) is 20.5. The van der Waals surface area contributed by atoms with E-state index in [1.54, 1.807) is 0 Å². The third-order valence-electron chi connectivity index (χ3n) is 5.17. The molecular formula is C23H33N5O. The minimum Gasteiger partial charge on any atom is -0.379 e. The summed E-state index contributed by atoms with van der Waals surface area (Å²) in [5.41, 5.74) is 5.09. The molecule has 6 heteroatoms. The predicted octanol–water partition coefficient (Wildman–Crippen LogP) is 2.45. The van der Waals surface area contributed by atoms with Gasteiger partial charge in [0.2, 0.25) is 0 Å². The van der Waals surface area contributed by atoms with Gasteiger partial charge in [0.25, 0.3) is 0 Å². The van der Waals surface area contributed by atoms with Gasteiger partial charge in [0, 0.05) is 59.6 Å². The highest BCUT2D eigenvalue weighted by molar-refractivity contribution is 5.79. The Morgan fingerprint density at radius 1 is 1.00 bits per heavy atom. The van der Waals surface area contributed by atoms with Crippen LogP contribution in [0.15, 0.2) is 53.5 Å². The summed E-state index contributed by atoms with van der Waals surface area (Å²) in [4.78, 5) is 8.94. The first-order valence-electron chi connectivity index (χ1n) is 10.2. The molecule has 0 aromatic heterocycles. The average molecular weight is 396 g/mol. The van der Waals surface area contributed by atoms with Crippen molar-refractivity contribution in [1.82, 2.24) is 15.5 Å². The summed E-state index contributed by atoms with van der Waals surface area (Å²) in [7, 11) is 5.92. The lowest BCUT2D eigenvalue weighted by Gasteiger charge is -2.27. The number of guanidine groups is 1. The molecule has 0 aliphatic carbocycles. The number of hydrogen-bond donors (Lipinski definition) is 2. The number of benzene rings is 2. The number of nitrogens with zero attached hydrogens (tertiary/aromatic N) is 3. The molecule has 1 aliphatic rings. The van der Waals surface area contributed by atoms with Gasteiger partial charge in [-0.05, 0) is 28.8 Å². The number of anilines is 1. The third-order valence-corrected chi connectivity index (χ3v) is 5.17. The molecule has 0 unspecified atom stereocenters. The van der Waals surface area contributed by atoms with Crippen molar-refractivity contribution in [2.24, 2.45) is 4.99 Å². The van der Waals surface area contributed by atoms with Crippen molar-refractivity contribution in [3.05, 3.63) is 65.2 Å². The maximum atomic E-state index is 5.46. The molecule has 0 bridgehead atoms. The van der Waals surface area contributed by atoms with E-state index in [0.29, 0.717) is 0 Å². The van der Waals surface area contributed by atoms with Crippen LogP contribution in [0.1, 0.15) is 16.7 Å². The summed E-state index contributed by atoms with van der Waals surface area (Å²) in [6.07, 6.45) is 0. The number of aliphatic imine (C=N–C) groups is 1. The van der Waals surface area contributed by atoms with Crippen LogP contribution in [0.5, 0.6) is 0 Å². The van der Waals surface area contributed by atoms with Gasteiger partial charge >= 0.3 is 0 Å². The van der Waals surface area contributed by atoms with Crippen molar-refractivity contribution in [1.29, 1.82) is 0 Å². The van der Waals surface area contributed by atoms with Gasteiger partial charge in [-0.2, -0.15) is 0 Å². The monoisotopic (exact) mass is 395 g/mol. The van der Waals surface area contributed by atoms with Crippen LogP contribution in [0, 0.1) is 0 Å². The standard InChI is InChI=1S/C23H33N5O/c1-24-23(25-16-19-7-6-10-22(15-19)27(2)3)26-17-20-8-4-5-9-21(20)18-28-11-13-29-14-12-28/h4-10,15H,11-14,16-18H2,1-3H3,(H2,24,25,26). The molecule has 1 fully saturated rings. The second-order valence-corrected chi connectivity index (χ2v) is 7.50. The van der Waals surface area contributed by atoms with Gasteiger partial charge in [-0.15, -0.1) is 0 Å². The van der Waals surface area contributed by atoms with Crippen molar-refractivity contribution in [3.8, 4) is 0 Å². The van der Waals surface area contributed by atoms with Crippen molar-refractivity contribution in [3.63, 3.8) is 0 Å². The Kier molecular flexibility index (Phi) is 7.90. The normalized spacial score (nSPS) is 15.2. The molecular weight excluding hydrogens is 362 g/mol. The summed E-state index contributed by atoms with van der Waals surface area (Å²) >= 11 is 0. The topological polar surface area (TPSA) is 52.1 Å². The molecule has 0 saturated carbocycles. The average Bonchev–Trinajstić information content (AvgIpc) is 2.76. The molecule has 29 heavy (non-hydrogen) atoms. The SMILES string of the molecule is CN=C(NCc1cccc(N(C)C)c1)NCc1ccccc1CN1CCOCC1. The van der Waals surface area contributed by atoms with Gasteiger partial charge in [-0.3, -0.25) is 9.89 Å². The first-order valence-corrected chi connectivity index (χ1v) is 10.2. The Labute approximate surface area is 174 Å². The highest BCUT2D eigenvalue weighted by atomic mass is 16.5. The van der Waals surface area contributed by atoms with Crippen molar-refractivity contribution in [2.45, 2.75) is 19.6 Å². The quantitative estimate of drug-likeness (QED) is 0.557. The van der Waals surface area contributed by atoms with E-state index in [2.05, 4.69) is 88.1 Å². The molecule has 156 valence electrons. The van der Waals surface area contributed by atoms with E-state index in [9.17, 15) is 0 Å². The van der Waals surface area contributed by atoms with Crippen LogP contribution in [-0.2, 0) is 24.4 Å². The lowest BCUT2D eigenvalue weighted by molar-refractivity contribution is 0.0341. The Hall–Kier alpha value is -2.57. The number of morpholine rings is 1. The number of nitrogens with one attached hydrogen (secondary N) is 2. The summed E-state index contributed by atoms with van der Waals surface area (Å²) in [6.45, 7) is 6.09. The van der Waals surface area contributed by atoms with Gasteiger partial charge in [-0.25, -0.2) is 0 Å². The molecule has 2 aromatic carbocycles. The number of rotatable bonds is 7. The Bertz CT molecular complexity index is 799. The molecule has 2 N–H and O–H groups in total. The molecule has 1 heterocycles. The van der Waals surface area contributed by atoms with E-state index in [1.807, 2.05) is 7.05 Å². The summed E-state index contributed by atoms with van der Waals surface area (Å²) < 4.78 is 5.46. The minimum absolute atomic E-state index is 0.733. The summed E-state index contributed by atoms with van der Waals surface area (Å²) in [5, 5.41) is 6.87. The van der Waals surface area contributed by atoms with E-state index in [-0.39, 0.29) is 0 Å². The highest BCUT2D eigenvalue weighted by Crippen LogP contribution is 2.14. The second-order valence-electron chi connectivity index (χ2n) is 7.50. The van der Waals surface area contributed by atoms with Gasteiger partial charge < -0.3 is 20.3 Å². The number of hydrogen-bond acceptors (Lipinski definition) is 4. The van der Waals surface area contributed by atoms with Gasteiger partial charge in [0.15, 0.2) is 5.96 Å². The lowest BCUT2D eigenvalue weighted by atomic mass is 10.1. The van der Waals surface area contributed by atoms with E-state index < -0.39 is 0 Å². The molecule has 0 amide bonds. The minimum atomic E-state index is 0.733. The van der Waals surface area contributed by atoms with Crippen molar-refractivity contribution in [2.75, 3.05) is 52.3 Å². The Morgan fingerprint density at radius 3 is 2.45 bits per heavy atom. The molecule has 6 nitrogen and oxygen atoms in total. The van der Waals surface area contributed by atoms with Crippen LogP contribution in [0.3, 0.4) is 0 Å².